The van der Waals surface area contributed by atoms with Crippen LogP contribution in [0.25, 0.3) is 0 Å². The van der Waals surface area contributed by atoms with E-state index in [1.54, 1.807) is 29.4 Å². The van der Waals surface area contributed by atoms with Gasteiger partial charge in [-0.05, 0) is 49.1 Å². The Morgan fingerprint density at radius 3 is 2.57 bits per heavy atom. The maximum Gasteiger partial charge on any atom is 0.260 e. The first-order valence-electron chi connectivity index (χ1n) is 9.86. The maximum absolute atomic E-state index is 12.4. The van der Waals surface area contributed by atoms with Crippen LogP contribution >= 0.6 is 0 Å². The zero-order valence-electron chi connectivity index (χ0n) is 16.3. The van der Waals surface area contributed by atoms with Gasteiger partial charge in [-0.1, -0.05) is 25.5 Å². The first kappa shape index (κ1) is 19.9. The Morgan fingerprint density at radius 1 is 1.18 bits per heavy atom. The molecular formula is C22H27N3O3. The number of ether oxygens (including phenoxy) is 1. The minimum atomic E-state index is -0.118. The number of benzene rings is 1. The maximum atomic E-state index is 12.4. The zero-order chi connectivity index (χ0) is 19.8. The van der Waals surface area contributed by atoms with E-state index in [4.69, 9.17) is 4.74 Å². The van der Waals surface area contributed by atoms with Crippen molar-refractivity contribution in [3.05, 3.63) is 59.9 Å². The van der Waals surface area contributed by atoms with Crippen molar-refractivity contribution in [3.63, 3.8) is 0 Å². The second-order valence-corrected chi connectivity index (χ2v) is 7.05. The Kier molecular flexibility index (Phi) is 7.00. The van der Waals surface area contributed by atoms with Gasteiger partial charge in [0.05, 0.1) is 5.56 Å². The third-order valence-corrected chi connectivity index (χ3v) is 4.93. The molecule has 28 heavy (non-hydrogen) atoms. The van der Waals surface area contributed by atoms with Crippen LogP contribution in [0.3, 0.4) is 0 Å². The number of piperidine rings is 1. The fraction of sp³-hybridized carbons (Fsp3) is 0.409. The average Bonchev–Trinajstić information content (AvgIpc) is 2.74. The summed E-state index contributed by atoms with van der Waals surface area (Å²) in [5, 5.41) is 3.02. The zero-order valence-corrected chi connectivity index (χ0v) is 16.3. The van der Waals surface area contributed by atoms with Crippen LogP contribution in [0.5, 0.6) is 5.75 Å². The van der Waals surface area contributed by atoms with E-state index < -0.39 is 0 Å². The van der Waals surface area contributed by atoms with Gasteiger partial charge in [-0.2, -0.15) is 0 Å². The fourth-order valence-corrected chi connectivity index (χ4v) is 3.32. The molecule has 0 unspecified atom stereocenters. The van der Waals surface area contributed by atoms with Crippen LogP contribution in [0.2, 0.25) is 0 Å². The summed E-state index contributed by atoms with van der Waals surface area (Å²) < 4.78 is 5.64. The standard InChI is InChI=1S/C22H27N3O3/c1-2-4-17-6-8-20(9-7-17)28-16-21(26)25-13-10-19(11-14-25)24-22(27)18-5-3-12-23-15-18/h3,5-9,12,15,19H,2,4,10-11,13-14,16H2,1H3,(H,24,27). The van der Waals surface area contributed by atoms with Crippen LogP contribution in [0, 0.1) is 0 Å². The lowest BCUT2D eigenvalue weighted by atomic mass is 10.0. The number of aryl methyl sites for hydroxylation is 1. The molecule has 3 rings (SSSR count). The normalized spacial score (nSPS) is 14.5. The molecule has 1 saturated heterocycles. The Bertz CT molecular complexity index is 769. The molecule has 1 aromatic carbocycles. The second-order valence-electron chi connectivity index (χ2n) is 7.05. The number of hydrogen-bond donors (Lipinski definition) is 1. The highest BCUT2D eigenvalue weighted by Crippen LogP contribution is 2.15. The lowest BCUT2D eigenvalue weighted by molar-refractivity contribution is -0.134. The van der Waals surface area contributed by atoms with Crippen molar-refractivity contribution in [2.24, 2.45) is 0 Å². The molecule has 0 atom stereocenters. The Morgan fingerprint density at radius 2 is 1.93 bits per heavy atom. The summed E-state index contributed by atoms with van der Waals surface area (Å²) in [5.74, 6) is 0.578. The summed E-state index contributed by atoms with van der Waals surface area (Å²) in [4.78, 5) is 30.4. The van der Waals surface area contributed by atoms with Gasteiger partial charge in [0.2, 0.25) is 0 Å². The predicted octanol–water partition coefficient (Wildman–Crippen LogP) is 2.83. The van der Waals surface area contributed by atoms with E-state index in [1.807, 2.05) is 24.3 Å². The summed E-state index contributed by atoms with van der Waals surface area (Å²) >= 11 is 0. The molecule has 2 amide bonds. The number of rotatable bonds is 7. The van der Waals surface area contributed by atoms with Gasteiger partial charge in [0.25, 0.3) is 11.8 Å². The molecule has 0 bridgehead atoms. The van der Waals surface area contributed by atoms with E-state index >= 15 is 0 Å². The molecule has 1 N–H and O–H groups in total. The third kappa shape index (κ3) is 5.55. The number of carbonyl (C=O) groups excluding carboxylic acids is 2. The molecule has 1 fully saturated rings. The van der Waals surface area contributed by atoms with Gasteiger partial charge < -0.3 is 15.0 Å². The number of carbonyl (C=O) groups is 2. The Labute approximate surface area is 165 Å². The van der Waals surface area contributed by atoms with Crippen molar-refractivity contribution in [3.8, 4) is 5.75 Å². The Balaban J connectivity index is 1.40. The summed E-state index contributed by atoms with van der Waals surface area (Å²) in [5.41, 5.74) is 1.83. The van der Waals surface area contributed by atoms with E-state index in [2.05, 4.69) is 17.2 Å². The van der Waals surface area contributed by atoms with Crippen LogP contribution in [-0.2, 0) is 11.2 Å². The van der Waals surface area contributed by atoms with Gasteiger partial charge in [-0.15, -0.1) is 0 Å². The number of aromatic nitrogens is 1. The van der Waals surface area contributed by atoms with Gasteiger partial charge in [0, 0.05) is 31.5 Å². The van der Waals surface area contributed by atoms with Crippen molar-refractivity contribution < 1.29 is 14.3 Å². The summed E-state index contributed by atoms with van der Waals surface area (Å²) in [6, 6.07) is 11.5. The molecule has 2 heterocycles. The lowest BCUT2D eigenvalue weighted by Gasteiger charge is -2.32. The van der Waals surface area contributed by atoms with E-state index in [1.165, 1.54) is 5.56 Å². The molecule has 1 aliphatic heterocycles. The van der Waals surface area contributed by atoms with Gasteiger partial charge in [-0.3, -0.25) is 14.6 Å². The van der Waals surface area contributed by atoms with Gasteiger partial charge in [-0.25, -0.2) is 0 Å². The summed E-state index contributed by atoms with van der Waals surface area (Å²) in [6.07, 6.45) is 6.83. The van der Waals surface area contributed by atoms with Gasteiger partial charge in [0.15, 0.2) is 6.61 Å². The molecule has 0 saturated carbocycles. The van der Waals surface area contributed by atoms with Gasteiger partial charge >= 0.3 is 0 Å². The van der Waals surface area contributed by atoms with Crippen LogP contribution in [0.1, 0.15) is 42.1 Å². The fourth-order valence-electron chi connectivity index (χ4n) is 3.32. The number of hydrogen-bond acceptors (Lipinski definition) is 4. The second kappa shape index (κ2) is 9.88. The average molecular weight is 381 g/mol. The first-order chi connectivity index (χ1) is 13.7. The molecule has 0 spiro atoms. The summed E-state index contributed by atoms with van der Waals surface area (Å²) in [6.45, 7) is 3.43. The van der Waals surface area contributed by atoms with E-state index in [0.717, 1.165) is 25.7 Å². The molecule has 0 aliphatic carbocycles. The lowest BCUT2D eigenvalue weighted by Crippen LogP contribution is -2.47. The number of amides is 2. The number of likely N-dealkylation sites (tertiary alicyclic amines) is 1. The van der Waals surface area contributed by atoms with Crippen molar-refractivity contribution in [2.75, 3.05) is 19.7 Å². The molecular weight excluding hydrogens is 354 g/mol. The van der Waals surface area contributed by atoms with Gasteiger partial charge in [0.1, 0.15) is 5.75 Å². The summed E-state index contributed by atoms with van der Waals surface area (Å²) in [7, 11) is 0. The molecule has 1 aromatic heterocycles. The van der Waals surface area contributed by atoms with Crippen LogP contribution in [-0.4, -0.2) is 47.4 Å². The smallest absolute Gasteiger partial charge is 0.260 e. The van der Waals surface area contributed by atoms with E-state index in [-0.39, 0.29) is 24.5 Å². The monoisotopic (exact) mass is 381 g/mol. The van der Waals surface area contributed by atoms with Crippen molar-refractivity contribution in [1.82, 2.24) is 15.2 Å². The number of nitrogens with zero attached hydrogens (tertiary/aromatic N) is 2. The largest absolute Gasteiger partial charge is 0.484 e. The number of nitrogens with one attached hydrogen (secondary N) is 1. The highest BCUT2D eigenvalue weighted by Gasteiger charge is 2.24. The molecule has 2 aromatic rings. The van der Waals surface area contributed by atoms with E-state index in [9.17, 15) is 9.59 Å². The van der Waals surface area contributed by atoms with Crippen LogP contribution in [0.15, 0.2) is 48.8 Å². The van der Waals surface area contributed by atoms with Crippen molar-refractivity contribution >= 4 is 11.8 Å². The third-order valence-electron chi connectivity index (χ3n) is 4.93. The van der Waals surface area contributed by atoms with E-state index in [0.29, 0.717) is 24.4 Å². The molecule has 1 aliphatic rings. The molecule has 148 valence electrons. The predicted molar refractivity (Wildman–Crippen MR) is 107 cm³/mol. The van der Waals surface area contributed by atoms with Crippen molar-refractivity contribution in [2.45, 2.75) is 38.6 Å². The molecule has 6 nitrogen and oxygen atoms in total. The van der Waals surface area contributed by atoms with Crippen molar-refractivity contribution in [1.29, 1.82) is 0 Å². The quantitative estimate of drug-likeness (QED) is 0.801. The van der Waals surface area contributed by atoms with Crippen LogP contribution in [0.4, 0.5) is 0 Å². The minimum absolute atomic E-state index is 0.0188. The van der Waals surface area contributed by atoms with Crippen LogP contribution < -0.4 is 10.1 Å². The first-order valence-corrected chi connectivity index (χ1v) is 9.86. The highest BCUT2D eigenvalue weighted by atomic mass is 16.5. The molecule has 0 radical (unpaired) electrons. The minimum Gasteiger partial charge on any atom is -0.484 e. The molecule has 6 heteroatoms. The topological polar surface area (TPSA) is 71.5 Å². The SMILES string of the molecule is CCCc1ccc(OCC(=O)N2CCC(NC(=O)c3cccnc3)CC2)cc1. The number of pyridine rings is 1. The highest BCUT2D eigenvalue weighted by molar-refractivity contribution is 5.94. The Hall–Kier alpha value is -2.89.